The number of hydrogen-bond donors (Lipinski definition) is 1. The van der Waals surface area contributed by atoms with E-state index >= 15 is 0 Å². The number of aryl methyl sites for hydroxylation is 1. The van der Waals surface area contributed by atoms with Gasteiger partial charge in [-0.1, -0.05) is 27.7 Å². The minimum Gasteiger partial charge on any atom is -0.481 e. The molecular formula is C11H8BrF2N3O2S. The molecule has 5 nitrogen and oxygen atoms in total. The third-order valence-corrected chi connectivity index (χ3v) is 3.70. The summed E-state index contributed by atoms with van der Waals surface area (Å²) >= 11 is 3.83. The first-order valence-electron chi connectivity index (χ1n) is 5.31. The van der Waals surface area contributed by atoms with Gasteiger partial charge in [0.05, 0.1) is 5.75 Å². The van der Waals surface area contributed by atoms with Crippen molar-refractivity contribution in [2.24, 2.45) is 0 Å². The minimum absolute atomic E-state index is 0.116. The van der Waals surface area contributed by atoms with Crippen LogP contribution in [0.25, 0.3) is 5.69 Å². The highest BCUT2D eigenvalue weighted by Gasteiger charge is 2.20. The zero-order valence-electron chi connectivity index (χ0n) is 10.1. The number of benzene rings is 1. The van der Waals surface area contributed by atoms with E-state index < -0.39 is 17.6 Å². The van der Waals surface area contributed by atoms with Gasteiger partial charge in [0.1, 0.15) is 11.5 Å². The van der Waals surface area contributed by atoms with Crippen LogP contribution in [0.4, 0.5) is 8.78 Å². The highest BCUT2D eigenvalue weighted by atomic mass is 79.9. The number of nitrogens with zero attached hydrogens (tertiary/aromatic N) is 3. The molecule has 9 heteroatoms. The number of carboxylic acid groups (broad SMARTS) is 1. The van der Waals surface area contributed by atoms with Crippen LogP contribution in [0.1, 0.15) is 5.82 Å². The number of hydrogen-bond acceptors (Lipinski definition) is 4. The molecule has 0 bridgehead atoms. The summed E-state index contributed by atoms with van der Waals surface area (Å²) in [6.45, 7) is 1.53. The fourth-order valence-electron chi connectivity index (χ4n) is 1.57. The van der Waals surface area contributed by atoms with Gasteiger partial charge in [0.2, 0.25) is 0 Å². The molecule has 106 valence electrons. The molecular weight excluding hydrogens is 356 g/mol. The molecule has 1 heterocycles. The summed E-state index contributed by atoms with van der Waals surface area (Å²) in [6, 6.07) is 2.23. The number of aliphatic carboxylic acids is 1. The predicted molar refractivity (Wildman–Crippen MR) is 72.1 cm³/mol. The normalized spacial score (nSPS) is 10.8. The second-order valence-corrected chi connectivity index (χ2v) is 5.62. The van der Waals surface area contributed by atoms with Gasteiger partial charge >= 0.3 is 5.97 Å². The Morgan fingerprint density at radius 2 is 2.00 bits per heavy atom. The van der Waals surface area contributed by atoms with E-state index in [1.54, 1.807) is 0 Å². The number of carboxylic acids is 1. The molecule has 0 aliphatic rings. The van der Waals surface area contributed by atoms with Crippen LogP contribution < -0.4 is 0 Å². The lowest BCUT2D eigenvalue weighted by Crippen LogP contribution is -2.07. The molecule has 1 aromatic carbocycles. The van der Waals surface area contributed by atoms with Gasteiger partial charge in [-0.25, -0.2) is 8.78 Å². The van der Waals surface area contributed by atoms with Crippen molar-refractivity contribution in [1.29, 1.82) is 0 Å². The molecule has 0 aliphatic heterocycles. The van der Waals surface area contributed by atoms with Crippen LogP contribution in [0.5, 0.6) is 0 Å². The fourth-order valence-corrected chi connectivity index (χ4v) is 2.67. The van der Waals surface area contributed by atoms with Crippen molar-refractivity contribution in [1.82, 2.24) is 14.8 Å². The second kappa shape index (κ2) is 5.88. The van der Waals surface area contributed by atoms with Gasteiger partial charge in [0, 0.05) is 4.47 Å². The van der Waals surface area contributed by atoms with Crippen molar-refractivity contribution in [3.8, 4) is 5.69 Å². The molecule has 0 aliphatic carbocycles. The minimum atomic E-state index is -1.06. The first kappa shape index (κ1) is 14.9. The van der Waals surface area contributed by atoms with E-state index in [1.807, 2.05) is 0 Å². The molecule has 0 atom stereocenters. The monoisotopic (exact) mass is 363 g/mol. The topological polar surface area (TPSA) is 68.0 Å². The van der Waals surface area contributed by atoms with Crippen LogP contribution in [0.15, 0.2) is 21.8 Å². The predicted octanol–water partition coefficient (Wildman–Crippen LogP) is 2.79. The molecule has 0 saturated carbocycles. The highest BCUT2D eigenvalue weighted by molar-refractivity contribution is 9.10. The zero-order chi connectivity index (χ0) is 14.9. The van der Waals surface area contributed by atoms with Crippen LogP contribution in [0.2, 0.25) is 0 Å². The zero-order valence-corrected chi connectivity index (χ0v) is 12.5. The van der Waals surface area contributed by atoms with Gasteiger partial charge in [-0.2, -0.15) is 0 Å². The fraction of sp³-hybridized carbons (Fsp3) is 0.182. The molecule has 2 rings (SSSR count). The molecule has 20 heavy (non-hydrogen) atoms. The average molecular weight is 364 g/mol. The Kier molecular flexibility index (Phi) is 4.39. The summed E-state index contributed by atoms with van der Waals surface area (Å²) in [5, 5.41) is 16.2. The Balaban J connectivity index is 2.52. The second-order valence-electron chi connectivity index (χ2n) is 3.77. The SMILES string of the molecule is Cc1nnc(SCC(=O)O)n1-c1c(F)cc(Br)cc1F. The van der Waals surface area contributed by atoms with E-state index in [-0.39, 0.29) is 26.9 Å². The summed E-state index contributed by atoms with van der Waals surface area (Å²) in [6.07, 6.45) is 0. The Morgan fingerprint density at radius 3 is 2.55 bits per heavy atom. The Hall–Kier alpha value is -1.48. The van der Waals surface area contributed by atoms with Crippen molar-refractivity contribution < 1.29 is 18.7 Å². The number of thioether (sulfide) groups is 1. The molecule has 0 unspecified atom stereocenters. The maximum absolute atomic E-state index is 14.0. The number of aromatic nitrogens is 3. The summed E-state index contributed by atoms with van der Waals surface area (Å²) in [5.41, 5.74) is -0.330. The van der Waals surface area contributed by atoms with Crippen LogP contribution >= 0.6 is 27.7 Å². The van der Waals surface area contributed by atoms with E-state index in [0.29, 0.717) is 0 Å². The van der Waals surface area contributed by atoms with Gasteiger partial charge in [0.25, 0.3) is 0 Å². The molecule has 0 saturated heterocycles. The Morgan fingerprint density at radius 1 is 1.40 bits per heavy atom. The van der Waals surface area contributed by atoms with Gasteiger partial charge in [-0.3, -0.25) is 9.36 Å². The maximum Gasteiger partial charge on any atom is 0.313 e. The molecule has 1 N–H and O–H groups in total. The van der Waals surface area contributed by atoms with Crippen molar-refractivity contribution in [2.75, 3.05) is 5.75 Å². The van der Waals surface area contributed by atoms with Gasteiger partial charge in [-0.05, 0) is 19.1 Å². The summed E-state index contributed by atoms with van der Waals surface area (Å²) in [5.74, 6) is -2.66. The van der Waals surface area contributed by atoms with Crippen LogP contribution in [0.3, 0.4) is 0 Å². The summed E-state index contributed by atoms with van der Waals surface area (Å²) < 4.78 is 29.3. The molecule has 0 radical (unpaired) electrons. The van der Waals surface area contributed by atoms with E-state index in [2.05, 4.69) is 26.1 Å². The molecule has 0 spiro atoms. The highest BCUT2D eigenvalue weighted by Crippen LogP contribution is 2.28. The lowest BCUT2D eigenvalue weighted by Gasteiger charge is -2.10. The van der Waals surface area contributed by atoms with Crippen LogP contribution in [-0.2, 0) is 4.79 Å². The third kappa shape index (κ3) is 2.98. The van der Waals surface area contributed by atoms with Crippen molar-refractivity contribution in [3.05, 3.63) is 34.1 Å². The summed E-state index contributed by atoms with van der Waals surface area (Å²) in [4.78, 5) is 10.6. The first-order valence-corrected chi connectivity index (χ1v) is 7.09. The number of rotatable bonds is 4. The largest absolute Gasteiger partial charge is 0.481 e. The van der Waals surface area contributed by atoms with Gasteiger partial charge < -0.3 is 5.11 Å². The smallest absolute Gasteiger partial charge is 0.313 e. The Bertz CT molecular complexity index is 655. The standard InChI is InChI=1S/C11H8BrF2N3O2S/c1-5-15-16-11(20-4-9(18)19)17(5)10-7(13)2-6(12)3-8(10)14/h2-3H,4H2,1H3,(H,18,19). The molecule has 0 amide bonds. The van der Waals surface area contributed by atoms with Crippen molar-refractivity contribution in [2.45, 2.75) is 12.1 Å². The lowest BCUT2D eigenvalue weighted by molar-refractivity contribution is -0.133. The lowest BCUT2D eigenvalue weighted by atomic mass is 10.3. The van der Waals surface area contributed by atoms with Gasteiger partial charge in [-0.15, -0.1) is 10.2 Å². The molecule has 2 aromatic rings. The van der Waals surface area contributed by atoms with Crippen molar-refractivity contribution >= 4 is 33.7 Å². The Labute approximate surface area is 125 Å². The number of carbonyl (C=O) groups is 1. The van der Waals surface area contributed by atoms with Gasteiger partial charge in [0.15, 0.2) is 16.8 Å². The average Bonchev–Trinajstić information content (AvgIpc) is 2.67. The molecule has 0 fully saturated rings. The van der Waals surface area contributed by atoms with E-state index in [1.165, 1.54) is 6.92 Å². The quantitative estimate of drug-likeness (QED) is 0.846. The van der Waals surface area contributed by atoms with Crippen LogP contribution in [-0.4, -0.2) is 31.6 Å². The third-order valence-electron chi connectivity index (χ3n) is 2.33. The van der Waals surface area contributed by atoms with E-state index in [9.17, 15) is 13.6 Å². The first-order chi connectivity index (χ1) is 9.40. The van der Waals surface area contributed by atoms with Crippen LogP contribution in [0, 0.1) is 18.6 Å². The molecule has 1 aromatic heterocycles. The summed E-state index contributed by atoms with van der Waals surface area (Å²) in [7, 11) is 0. The maximum atomic E-state index is 14.0. The number of halogens is 3. The van der Waals surface area contributed by atoms with E-state index in [0.717, 1.165) is 28.5 Å². The van der Waals surface area contributed by atoms with E-state index in [4.69, 9.17) is 5.11 Å². The van der Waals surface area contributed by atoms with Crippen molar-refractivity contribution in [3.63, 3.8) is 0 Å².